The minimum atomic E-state index is -0.170. The van der Waals surface area contributed by atoms with Gasteiger partial charge in [0.2, 0.25) is 0 Å². The highest BCUT2D eigenvalue weighted by atomic mass is 16.5. The smallest absolute Gasteiger partial charge is 0.315 e. The molecule has 7 heteroatoms. The number of nitrogens with zero attached hydrogens (tertiary/aromatic N) is 3. The standard InChI is InChI=1S/C18H27N5O2/c1-14(2)11-25-10-4-9-20-18(24)22-15(3)16-5-7-17(8-6-16)23-13-19-12-21-23/h5-8,12-15H,4,9-11H2,1-3H3,(H2,20,22,24)/t15-/m0/s1. The summed E-state index contributed by atoms with van der Waals surface area (Å²) < 4.78 is 7.18. The number of benzene rings is 1. The van der Waals surface area contributed by atoms with Gasteiger partial charge in [0, 0.05) is 19.8 Å². The summed E-state index contributed by atoms with van der Waals surface area (Å²) in [6.07, 6.45) is 3.95. The predicted molar refractivity (Wildman–Crippen MR) is 96.6 cm³/mol. The second-order valence-corrected chi connectivity index (χ2v) is 6.38. The van der Waals surface area contributed by atoms with Crippen LogP contribution >= 0.6 is 0 Å². The van der Waals surface area contributed by atoms with Crippen molar-refractivity contribution in [3.05, 3.63) is 42.5 Å². The summed E-state index contributed by atoms with van der Waals surface area (Å²) >= 11 is 0. The third-order valence-electron chi connectivity index (χ3n) is 3.63. The summed E-state index contributed by atoms with van der Waals surface area (Å²) in [7, 11) is 0. The van der Waals surface area contributed by atoms with Crippen molar-refractivity contribution in [2.75, 3.05) is 19.8 Å². The van der Waals surface area contributed by atoms with Crippen molar-refractivity contribution in [1.29, 1.82) is 0 Å². The van der Waals surface area contributed by atoms with Gasteiger partial charge in [-0.25, -0.2) is 14.5 Å². The van der Waals surface area contributed by atoms with E-state index in [9.17, 15) is 4.79 Å². The van der Waals surface area contributed by atoms with Crippen molar-refractivity contribution in [2.45, 2.75) is 33.2 Å². The van der Waals surface area contributed by atoms with E-state index < -0.39 is 0 Å². The molecule has 1 heterocycles. The molecular weight excluding hydrogens is 318 g/mol. The molecule has 2 rings (SSSR count). The molecule has 2 amide bonds. The van der Waals surface area contributed by atoms with Crippen molar-refractivity contribution in [3.63, 3.8) is 0 Å². The highest BCUT2D eigenvalue weighted by Gasteiger charge is 2.09. The average Bonchev–Trinajstić information content (AvgIpc) is 3.12. The Balaban J connectivity index is 1.70. The number of ether oxygens (including phenoxy) is 1. The fourth-order valence-electron chi connectivity index (χ4n) is 2.28. The molecule has 0 spiro atoms. The van der Waals surface area contributed by atoms with Crippen LogP contribution in [0, 0.1) is 5.92 Å². The van der Waals surface area contributed by atoms with Gasteiger partial charge in [0.15, 0.2) is 0 Å². The van der Waals surface area contributed by atoms with Gasteiger partial charge in [0.25, 0.3) is 0 Å². The van der Waals surface area contributed by atoms with Crippen LogP contribution in [0.1, 0.15) is 38.8 Å². The molecule has 0 fully saturated rings. The van der Waals surface area contributed by atoms with Gasteiger partial charge in [-0.2, -0.15) is 5.10 Å². The largest absolute Gasteiger partial charge is 0.381 e. The molecule has 0 unspecified atom stereocenters. The maximum Gasteiger partial charge on any atom is 0.315 e. The number of hydrogen-bond acceptors (Lipinski definition) is 4. The van der Waals surface area contributed by atoms with E-state index >= 15 is 0 Å². The second kappa shape index (κ2) is 9.78. The van der Waals surface area contributed by atoms with Crippen molar-refractivity contribution in [1.82, 2.24) is 25.4 Å². The van der Waals surface area contributed by atoms with E-state index in [2.05, 4.69) is 34.6 Å². The summed E-state index contributed by atoms with van der Waals surface area (Å²) in [5.41, 5.74) is 1.96. The first-order valence-electron chi connectivity index (χ1n) is 8.63. The fourth-order valence-corrected chi connectivity index (χ4v) is 2.28. The van der Waals surface area contributed by atoms with E-state index in [0.29, 0.717) is 19.1 Å². The minimum Gasteiger partial charge on any atom is -0.381 e. The lowest BCUT2D eigenvalue weighted by molar-refractivity contribution is 0.108. The third-order valence-corrected chi connectivity index (χ3v) is 3.63. The van der Waals surface area contributed by atoms with Crippen molar-refractivity contribution in [2.24, 2.45) is 5.92 Å². The summed E-state index contributed by atoms with van der Waals surface area (Å²) in [6.45, 7) is 8.21. The Kier molecular flexibility index (Phi) is 7.40. The highest BCUT2D eigenvalue weighted by Crippen LogP contribution is 2.14. The SMILES string of the molecule is CC(C)COCCCNC(=O)N[C@@H](C)c1ccc(-n2cncn2)cc1. The van der Waals surface area contributed by atoms with E-state index in [1.807, 2.05) is 31.2 Å². The number of rotatable bonds is 9. The van der Waals surface area contributed by atoms with Crippen LogP contribution in [-0.2, 0) is 4.74 Å². The molecule has 0 aliphatic heterocycles. The lowest BCUT2D eigenvalue weighted by Crippen LogP contribution is -2.37. The zero-order valence-electron chi connectivity index (χ0n) is 15.1. The number of hydrogen-bond donors (Lipinski definition) is 2. The van der Waals surface area contributed by atoms with E-state index in [0.717, 1.165) is 24.3 Å². The Bertz CT molecular complexity index is 625. The summed E-state index contributed by atoms with van der Waals surface area (Å²) in [6, 6.07) is 7.60. The van der Waals surface area contributed by atoms with E-state index in [-0.39, 0.29) is 12.1 Å². The molecule has 0 aliphatic rings. The molecule has 0 bridgehead atoms. The average molecular weight is 345 g/mol. The first-order chi connectivity index (χ1) is 12.1. The van der Waals surface area contributed by atoms with Gasteiger partial charge in [-0.1, -0.05) is 26.0 Å². The Morgan fingerprint density at radius 2 is 2.00 bits per heavy atom. The number of urea groups is 1. The maximum atomic E-state index is 11.9. The molecule has 1 aromatic heterocycles. The Labute approximate surface area is 148 Å². The maximum absolute atomic E-state index is 11.9. The van der Waals surface area contributed by atoms with Crippen LogP contribution in [0.5, 0.6) is 0 Å². The molecule has 0 radical (unpaired) electrons. The number of carbonyl (C=O) groups is 1. The van der Waals surface area contributed by atoms with Crippen LogP contribution < -0.4 is 10.6 Å². The third kappa shape index (κ3) is 6.54. The van der Waals surface area contributed by atoms with Crippen LogP contribution in [0.15, 0.2) is 36.9 Å². The van der Waals surface area contributed by atoms with Gasteiger partial charge in [-0.3, -0.25) is 0 Å². The van der Waals surface area contributed by atoms with Crippen molar-refractivity contribution in [3.8, 4) is 5.69 Å². The van der Waals surface area contributed by atoms with Crippen LogP contribution in [-0.4, -0.2) is 40.6 Å². The van der Waals surface area contributed by atoms with Gasteiger partial charge < -0.3 is 15.4 Å². The number of carbonyl (C=O) groups excluding carboxylic acids is 1. The molecule has 136 valence electrons. The number of aromatic nitrogens is 3. The van der Waals surface area contributed by atoms with E-state index in [4.69, 9.17) is 4.74 Å². The van der Waals surface area contributed by atoms with Crippen LogP contribution in [0.25, 0.3) is 5.69 Å². The first-order valence-corrected chi connectivity index (χ1v) is 8.63. The Morgan fingerprint density at radius 3 is 2.64 bits per heavy atom. The lowest BCUT2D eigenvalue weighted by atomic mass is 10.1. The number of amides is 2. The van der Waals surface area contributed by atoms with Gasteiger partial charge in [0.1, 0.15) is 12.7 Å². The Hall–Kier alpha value is -2.41. The van der Waals surface area contributed by atoms with Crippen molar-refractivity contribution < 1.29 is 9.53 Å². The van der Waals surface area contributed by atoms with Gasteiger partial charge in [-0.15, -0.1) is 0 Å². The van der Waals surface area contributed by atoms with Crippen LogP contribution in [0.3, 0.4) is 0 Å². The monoisotopic (exact) mass is 345 g/mol. The van der Waals surface area contributed by atoms with Crippen molar-refractivity contribution >= 4 is 6.03 Å². The second-order valence-electron chi connectivity index (χ2n) is 6.38. The predicted octanol–water partition coefficient (Wildman–Crippen LogP) is 2.69. The van der Waals surface area contributed by atoms with E-state index in [1.165, 1.54) is 6.33 Å². The molecule has 0 saturated carbocycles. The van der Waals surface area contributed by atoms with Gasteiger partial charge >= 0.3 is 6.03 Å². The zero-order valence-corrected chi connectivity index (χ0v) is 15.1. The molecule has 1 atom stereocenters. The van der Waals surface area contributed by atoms with Gasteiger partial charge in [-0.05, 0) is 37.0 Å². The Morgan fingerprint density at radius 1 is 1.24 bits per heavy atom. The summed E-state index contributed by atoms with van der Waals surface area (Å²) in [4.78, 5) is 15.9. The molecule has 7 nitrogen and oxygen atoms in total. The molecule has 1 aromatic carbocycles. The zero-order chi connectivity index (χ0) is 18.1. The summed E-state index contributed by atoms with van der Waals surface area (Å²) in [5, 5.41) is 9.88. The fraction of sp³-hybridized carbons (Fsp3) is 0.500. The van der Waals surface area contributed by atoms with Crippen LogP contribution in [0.2, 0.25) is 0 Å². The minimum absolute atomic E-state index is 0.0815. The lowest BCUT2D eigenvalue weighted by Gasteiger charge is -2.15. The molecule has 25 heavy (non-hydrogen) atoms. The first kappa shape index (κ1) is 18.9. The quantitative estimate of drug-likeness (QED) is 0.685. The molecule has 0 saturated heterocycles. The van der Waals surface area contributed by atoms with Gasteiger partial charge in [0.05, 0.1) is 11.7 Å². The normalized spacial score (nSPS) is 12.2. The molecular formula is C18H27N5O2. The van der Waals surface area contributed by atoms with E-state index in [1.54, 1.807) is 11.0 Å². The highest BCUT2D eigenvalue weighted by molar-refractivity contribution is 5.74. The molecule has 0 aliphatic carbocycles. The molecule has 2 aromatic rings. The van der Waals surface area contributed by atoms with Crippen LogP contribution in [0.4, 0.5) is 4.79 Å². The summed E-state index contributed by atoms with van der Waals surface area (Å²) in [5.74, 6) is 0.535. The topological polar surface area (TPSA) is 81.1 Å². The number of nitrogens with one attached hydrogen (secondary N) is 2. The molecule has 2 N–H and O–H groups in total.